The summed E-state index contributed by atoms with van der Waals surface area (Å²) in [5.74, 6) is -3.51. The molecule has 4 N–H and O–H groups in total. The van der Waals surface area contributed by atoms with Crippen LogP contribution in [0.15, 0.2) is 0 Å². The van der Waals surface area contributed by atoms with Gasteiger partial charge >= 0.3 is 11.9 Å². The Balaban J connectivity index is 0.000000567. The zero-order valence-electron chi connectivity index (χ0n) is 12.2. The number of carbonyl (C=O) groups excluding carboxylic acids is 1. The fourth-order valence-corrected chi connectivity index (χ4v) is 1.85. The van der Waals surface area contributed by atoms with Crippen molar-refractivity contribution < 1.29 is 29.7 Å². The van der Waals surface area contributed by atoms with Crippen LogP contribution in [0.5, 0.6) is 0 Å². The summed E-state index contributed by atoms with van der Waals surface area (Å²) in [7, 11) is 2.11. The second-order valence-corrected chi connectivity index (χ2v) is 4.94. The number of aliphatic hydroxyl groups is 1. The quantitative estimate of drug-likeness (QED) is 0.399. The normalized spacial score (nSPS) is 15.7. The van der Waals surface area contributed by atoms with Gasteiger partial charge < -0.3 is 25.5 Å². The lowest BCUT2D eigenvalue weighted by molar-refractivity contribution is -0.159. The Kier molecular flexibility index (Phi) is 10.2. The molecule has 1 rings (SSSR count). The number of likely N-dealkylation sites (tertiary alicyclic amines) is 1. The number of aliphatic hydroxyl groups excluding tert-OH is 1. The number of hydrogen-bond acceptors (Lipinski definition) is 5. The van der Waals surface area contributed by atoms with Crippen LogP contribution in [0.4, 0.5) is 0 Å². The van der Waals surface area contributed by atoms with E-state index in [1.807, 2.05) is 0 Å². The third kappa shape index (κ3) is 10.7. The molecular weight excluding hydrogens is 280 g/mol. The first-order valence-corrected chi connectivity index (χ1v) is 6.91. The van der Waals surface area contributed by atoms with Crippen molar-refractivity contribution in [2.45, 2.75) is 38.1 Å². The molecule has 21 heavy (non-hydrogen) atoms. The zero-order chi connectivity index (χ0) is 16.3. The van der Waals surface area contributed by atoms with Gasteiger partial charge in [-0.25, -0.2) is 9.59 Å². The molecule has 122 valence electrons. The van der Waals surface area contributed by atoms with Crippen molar-refractivity contribution in [3.63, 3.8) is 0 Å². The monoisotopic (exact) mass is 304 g/mol. The lowest BCUT2D eigenvalue weighted by Gasteiger charge is -2.29. The van der Waals surface area contributed by atoms with E-state index in [1.165, 1.54) is 0 Å². The average Bonchev–Trinajstić information content (AvgIpc) is 2.42. The van der Waals surface area contributed by atoms with Crippen LogP contribution < -0.4 is 5.32 Å². The molecule has 1 heterocycles. The highest BCUT2D eigenvalue weighted by atomic mass is 16.4. The number of piperidine rings is 1. The Morgan fingerprint density at radius 2 is 1.62 bits per heavy atom. The fraction of sp³-hybridized carbons (Fsp3) is 0.769. The molecule has 0 radical (unpaired) electrons. The molecule has 1 saturated heterocycles. The minimum Gasteiger partial charge on any atom is -0.473 e. The molecule has 0 atom stereocenters. The highest BCUT2D eigenvalue weighted by molar-refractivity contribution is 6.27. The SMILES string of the molecule is CN1CCC(NC(=O)CCCCO)CC1.O=C(O)C(=O)O. The van der Waals surface area contributed by atoms with Crippen LogP contribution >= 0.6 is 0 Å². The van der Waals surface area contributed by atoms with Crippen molar-refractivity contribution >= 4 is 17.8 Å². The van der Waals surface area contributed by atoms with E-state index >= 15 is 0 Å². The lowest BCUT2D eigenvalue weighted by atomic mass is 10.1. The van der Waals surface area contributed by atoms with Gasteiger partial charge in [0.25, 0.3) is 0 Å². The number of unbranched alkanes of at least 4 members (excludes halogenated alkanes) is 1. The Bertz CT molecular complexity index is 328. The molecular formula is C13H24N2O6. The molecule has 0 spiro atoms. The maximum atomic E-state index is 11.5. The van der Waals surface area contributed by atoms with Crippen molar-refractivity contribution in [3.05, 3.63) is 0 Å². The van der Waals surface area contributed by atoms with E-state index in [0.29, 0.717) is 12.5 Å². The molecule has 0 aromatic rings. The zero-order valence-corrected chi connectivity index (χ0v) is 12.2. The van der Waals surface area contributed by atoms with Crippen LogP contribution in [0, 0.1) is 0 Å². The van der Waals surface area contributed by atoms with Gasteiger partial charge in [-0.2, -0.15) is 0 Å². The van der Waals surface area contributed by atoms with Gasteiger partial charge in [0.1, 0.15) is 0 Å². The molecule has 8 nitrogen and oxygen atoms in total. The number of nitrogens with zero attached hydrogens (tertiary/aromatic N) is 1. The van der Waals surface area contributed by atoms with Crippen molar-refractivity contribution in [2.75, 3.05) is 26.7 Å². The second-order valence-electron chi connectivity index (χ2n) is 4.94. The Morgan fingerprint density at radius 3 is 2.05 bits per heavy atom. The highest BCUT2D eigenvalue weighted by Gasteiger charge is 2.17. The number of nitrogens with one attached hydrogen (secondary N) is 1. The van der Waals surface area contributed by atoms with E-state index in [9.17, 15) is 4.79 Å². The van der Waals surface area contributed by atoms with Gasteiger partial charge in [-0.15, -0.1) is 0 Å². The Labute approximate surface area is 123 Å². The maximum absolute atomic E-state index is 11.5. The number of carboxylic acid groups (broad SMARTS) is 2. The molecule has 0 unspecified atom stereocenters. The largest absolute Gasteiger partial charge is 0.473 e. The van der Waals surface area contributed by atoms with Crippen molar-refractivity contribution in [2.24, 2.45) is 0 Å². The number of aliphatic carboxylic acids is 2. The first-order chi connectivity index (χ1) is 9.86. The number of amides is 1. The third-order valence-corrected chi connectivity index (χ3v) is 3.08. The van der Waals surface area contributed by atoms with Crippen LogP contribution in [-0.2, 0) is 14.4 Å². The molecule has 0 aliphatic carbocycles. The first-order valence-electron chi connectivity index (χ1n) is 6.91. The van der Waals surface area contributed by atoms with Crippen LogP contribution in [0.2, 0.25) is 0 Å². The van der Waals surface area contributed by atoms with E-state index < -0.39 is 11.9 Å². The number of hydrogen-bond donors (Lipinski definition) is 4. The minimum atomic E-state index is -1.82. The second kappa shape index (κ2) is 11.0. The highest BCUT2D eigenvalue weighted by Crippen LogP contribution is 2.08. The van der Waals surface area contributed by atoms with Crippen LogP contribution in [0.25, 0.3) is 0 Å². The average molecular weight is 304 g/mol. The predicted molar refractivity (Wildman–Crippen MR) is 74.9 cm³/mol. The molecule has 8 heteroatoms. The van der Waals surface area contributed by atoms with Crippen molar-refractivity contribution in [1.82, 2.24) is 10.2 Å². The van der Waals surface area contributed by atoms with Gasteiger partial charge in [-0.1, -0.05) is 0 Å². The third-order valence-electron chi connectivity index (χ3n) is 3.08. The first kappa shape index (κ1) is 19.3. The van der Waals surface area contributed by atoms with Gasteiger partial charge in [0.05, 0.1) is 0 Å². The summed E-state index contributed by atoms with van der Waals surface area (Å²) in [6.07, 6.45) is 4.17. The Hall–Kier alpha value is -1.67. The van der Waals surface area contributed by atoms with E-state index in [0.717, 1.165) is 38.8 Å². The van der Waals surface area contributed by atoms with Gasteiger partial charge in [0.2, 0.25) is 5.91 Å². The summed E-state index contributed by atoms with van der Waals surface area (Å²) in [5, 5.41) is 26.4. The fourth-order valence-electron chi connectivity index (χ4n) is 1.85. The van der Waals surface area contributed by atoms with Gasteiger partial charge in [-0.05, 0) is 45.8 Å². The van der Waals surface area contributed by atoms with E-state index in [2.05, 4.69) is 17.3 Å². The number of carbonyl (C=O) groups is 3. The topological polar surface area (TPSA) is 127 Å². The van der Waals surface area contributed by atoms with Crippen molar-refractivity contribution in [1.29, 1.82) is 0 Å². The van der Waals surface area contributed by atoms with Gasteiger partial charge in [0, 0.05) is 19.1 Å². The standard InChI is InChI=1S/C11H22N2O2.C2H2O4/c1-13-7-5-10(6-8-13)12-11(15)4-2-3-9-14;3-1(4)2(5)6/h10,14H,2-9H2,1H3,(H,12,15);(H,3,4)(H,5,6). The number of carboxylic acids is 2. The van der Waals surface area contributed by atoms with Crippen molar-refractivity contribution in [3.8, 4) is 0 Å². The lowest BCUT2D eigenvalue weighted by Crippen LogP contribution is -2.43. The molecule has 1 amide bonds. The molecule has 1 aliphatic rings. The summed E-state index contributed by atoms with van der Waals surface area (Å²) in [6, 6.07) is 0.364. The summed E-state index contributed by atoms with van der Waals surface area (Å²) in [6.45, 7) is 2.32. The Morgan fingerprint density at radius 1 is 1.10 bits per heavy atom. The summed E-state index contributed by atoms with van der Waals surface area (Å²) < 4.78 is 0. The number of rotatable bonds is 5. The van der Waals surface area contributed by atoms with Crippen LogP contribution in [0.3, 0.4) is 0 Å². The molecule has 0 aromatic carbocycles. The molecule has 0 saturated carbocycles. The van der Waals surface area contributed by atoms with E-state index in [4.69, 9.17) is 24.9 Å². The van der Waals surface area contributed by atoms with Crippen LogP contribution in [0.1, 0.15) is 32.1 Å². The maximum Gasteiger partial charge on any atom is 0.414 e. The van der Waals surface area contributed by atoms with E-state index in [-0.39, 0.29) is 12.5 Å². The molecule has 0 aromatic heterocycles. The summed E-state index contributed by atoms with van der Waals surface area (Å²) >= 11 is 0. The minimum absolute atomic E-state index is 0.137. The summed E-state index contributed by atoms with van der Waals surface area (Å²) in [4.78, 5) is 31.9. The van der Waals surface area contributed by atoms with Gasteiger partial charge in [-0.3, -0.25) is 4.79 Å². The van der Waals surface area contributed by atoms with Gasteiger partial charge in [0.15, 0.2) is 0 Å². The molecule has 1 aliphatic heterocycles. The molecule has 1 fully saturated rings. The summed E-state index contributed by atoms with van der Waals surface area (Å²) in [5.41, 5.74) is 0. The predicted octanol–water partition coefficient (Wildman–Crippen LogP) is -0.485. The van der Waals surface area contributed by atoms with E-state index in [1.54, 1.807) is 0 Å². The molecule has 0 bridgehead atoms. The smallest absolute Gasteiger partial charge is 0.414 e. The van der Waals surface area contributed by atoms with Crippen LogP contribution in [-0.4, -0.2) is 70.9 Å².